The fraction of sp³-hybridized carbons (Fsp3) is 0.179. The lowest BCUT2D eigenvalue weighted by molar-refractivity contribution is -0.384. The number of benzene rings is 5. The summed E-state index contributed by atoms with van der Waals surface area (Å²) in [5.74, 6) is 2.44. The van der Waals surface area contributed by atoms with Crippen LogP contribution in [0.5, 0.6) is 17.2 Å². The Balaban J connectivity index is 1.15. The van der Waals surface area contributed by atoms with E-state index in [0.29, 0.717) is 12.3 Å². The van der Waals surface area contributed by atoms with Gasteiger partial charge in [-0.25, -0.2) is 0 Å². The average molecular weight is 643 g/mol. The number of rotatable bonds is 14. The largest absolute Gasteiger partial charge is 0.497 e. The van der Waals surface area contributed by atoms with Crippen LogP contribution in [-0.4, -0.2) is 25.7 Å². The van der Waals surface area contributed by atoms with Gasteiger partial charge in [-0.3, -0.25) is 10.1 Å². The lowest BCUT2D eigenvalue weighted by Gasteiger charge is -2.26. The van der Waals surface area contributed by atoms with Crippen molar-refractivity contribution >= 4 is 40.2 Å². The molecule has 9 heteroatoms. The monoisotopic (exact) mass is 642 g/mol. The van der Waals surface area contributed by atoms with Crippen LogP contribution < -0.4 is 19.1 Å². The average Bonchev–Trinajstić information content (AvgIpc) is 3.11. The van der Waals surface area contributed by atoms with Gasteiger partial charge in [0.25, 0.3) is 5.69 Å². The predicted molar refractivity (Wildman–Crippen MR) is 191 cm³/mol. The van der Waals surface area contributed by atoms with E-state index in [9.17, 15) is 10.1 Å². The molecule has 5 rings (SSSR count). The van der Waals surface area contributed by atoms with Gasteiger partial charge < -0.3 is 19.1 Å². The van der Waals surface area contributed by atoms with E-state index in [-0.39, 0.29) is 5.69 Å². The molecule has 0 amide bonds. The summed E-state index contributed by atoms with van der Waals surface area (Å²) in [5.41, 5.74) is 7.40. The van der Waals surface area contributed by atoms with Gasteiger partial charge in [-0.15, -0.1) is 0 Å². The van der Waals surface area contributed by atoms with Crippen LogP contribution in [0.1, 0.15) is 29.5 Å². The number of anilines is 3. The minimum Gasteiger partial charge on any atom is -0.497 e. The summed E-state index contributed by atoms with van der Waals surface area (Å²) in [6.07, 6.45) is 6.06. The second-order valence-corrected chi connectivity index (χ2v) is 11.1. The zero-order valence-corrected chi connectivity index (χ0v) is 27.5. The number of allylic oxidation sites excluding steroid dienone is 1. The van der Waals surface area contributed by atoms with Crippen molar-refractivity contribution in [3.8, 4) is 17.2 Å². The van der Waals surface area contributed by atoms with Crippen LogP contribution >= 0.6 is 0 Å². The van der Waals surface area contributed by atoms with Gasteiger partial charge in [0.05, 0.1) is 37.1 Å². The molecule has 0 unspecified atom stereocenters. The fourth-order valence-corrected chi connectivity index (χ4v) is 5.04. The van der Waals surface area contributed by atoms with E-state index in [1.54, 1.807) is 26.4 Å². The topological polar surface area (TPSA) is 98.8 Å². The molecular formula is C39H38N4O5. The number of nitro groups is 1. The molecule has 0 fully saturated rings. The summed E-state index contributed by atoms with van der Waals surface area (Å²) in [7, 11) is 3.33. The van der Waals surface area contributed by atoms with Crippen molar-refractivity contribution < 1.29 is 19.1 Å². The Morgan fingerprint density at radius 1 is 0.729 bits per heavy atom. The Hall–Kier alpha value is -5.96. The molecule has 5 aromatic carbocycles. The van der Waals surface area contributed by atoms with E-state index in [4.69, 9.17) is 14.2 Å². The van der Waals surface area contributed by atoms with Crippen molar-refractivity contribution in [2.45, 2.75) is 26.7 Å². The SMILES string of the molecule is COc1ccc(N(c2ccc(/C=C/CCCOc3cc(C)c(N=Nc4ccc([N+](=O)[O-])cc4)cc3C)cc2)c2ccc(OC)cc2)cc1. The second-order valence-electron chi connectivity index (χ2n) is 11.1. The van der Waals surface area contributed by atoms with Crippen LogP contribution in [0.2, 0.25) is 0 Å². The van der Waals surface area contributed by atoms with Gasteiger partial charge in [-0.2, -0.15) is 10.2 Å². The van der Waals surface area contributed by atoms with E-state index in [0.717, 1.165) is 69.5 Å². The number of nitrogens with zero attached hydrogens (tertiary/aromatic N) is 4. The van der Waals surface area contributed by atoms with Crippen molar-refractivity contribution in [3.63, 3.8) is 0 Å². The summed E-state index contributed by atoms with van der Waals surface area (Å²) < 4.78 is 16.8. The summed E-state index contributed by atoms with van der Waals surface area (Å²) in [5, 5.41) is 19.4. The minimum absolute atomic E-state index is 0.0195. The van der Waals surface area contributed by atoms with Crippen LogP contribution in [0.15, 0.2) is 125 Å². The molecule has 5 aromatic rings. The van der Waals surface area contributed by atoms with Crippen LogP contribution in [0.3, 0.4) is 0 Å². The molecule has 0 atom stereocenters. The molecule has 0 N–H and O–H groups in total. The van der Waals surface area contributed by atoms with E-state index < -0.39 is 4.92 Å². The molecular weight excluding hydrogens is 604 g/mol. The number of hydrogen-bond donors (Lipinski definition) is 0. The van der Waals surface area contributed by atoms with Crippen molar-refractivity contribution in [2.75, 3.05) is 25.7 Å². The lowest BCUT2D eigenvalue weighted by atomic mass is 10.1. The highest BCUT2D eigenvalue weighted by Crippen LogP contribution is 2.36. The lowest BCUT2D eigenvalue weighted by Crippen LogP contribution is -2.09. The summed E-state index contributed by atoms with van der Waals surface area (Å²) in [4.78, 5) is 12.6. The molecule has 0 heterocycles. The van der Waals surface area contributed by atoms with E-state index in [1.807, 2.05) is 74.5 Å². The normalized spacial score (nSPS) is 11.2. The number of hydrogen-bond acceptors (Lipinski definition) is 8. The molecule has 0 bridgehead atoms. The molecule has 0 aliphatic heterocycles. The first kappa shape index (κ1) is 33.4. The first-order valence-electron chi connectivity index (χ1n) is 15.6. The maximum atomic E-state index is 10.9. The number of unbranched alkanes of at least 4 members (excludes halogenated alkanes) is 1. The number of ether oxygens (including phenoxy) is 3. The van der Waals surface area contributed by atoms with Crippen molar-refractivity contribution in [2.24, 2.45) is 10.2 Å². The van der Waals surface area contributed by atoms with Crippen molar-refractivity contribution in [3.05, 3.63) is 142 Å². The molecule has 0 spiro atoms. The standard InChI is InChI=1S/C39H38N4O5/c1-28-27-39(29(2)26-38(28)41-40-31-11-15-35(16-12-31)43(44)45)48-25-7-5-6-8-30-9-13-32(14-10-30)42(33-17-21-36(46-3)22-18-33)34-19-23-37(47-4)24-20-34/h6,8-24,26-27H,5,7,25H2,1-4H3/b8-6+,41-40?. The Morgan fingerprint density at radius 3 is 1.83 bits per heavy atom. The minimum atomic E-state index is -0.439. The maximum Gasteiger partial charge on any atom is 0.269 e. The molecule has 0 aliphatic rings. The number of nitro benzene ring substituents is 1. The smallest absolute Gasteiger partial charge is 0.269 e. The van der Waals surface area contributed by atoms with E-state index >= 15 is 0 Å². The molecule has 0 aromatic heterocycles. The summed E-state index contributed by atoms with van der Waals surface area (Å²) >= 11 is 0. The zero-order valence-electron chi connectivity index (χ0n) is 27.5. The highest BCUT2D eigenvalue weighted by Gasteiger charge is 2.13. The number of non-ortho nitro benzene ring substituents is 1. The van der Waals surface area contributed by atoms with Gasteiger partial charge in [0.15, 0.2) is 0 Å². The van der Waals surface area contributed by atoms with Crippen molar-refractivity contribution in [1.82, 2.24) is 0 Å². The molecule has 9 nitrogen and oxygen atoms in total. The highest BCUT2D eigenvalue weighted by molar-refractivity contribution is 5.77. The van der Waals surface area contributed by atoms with Crippen LogP contribution in [0.4, 0.5) is 34.1 Å². The zero-order chi connectivity index (χ0) is 33.9. The highest BCUT2D eigenvalue weighted by atomic mass is 16.6. The number of aryl methyl sites for hydroxylation is 2. The molecule has 48 heavy (non-hydrogen) atoms. The van der Waals surface area contributed by atoms with E-state index in [1.165, 1.54) is 12.1 Å². The van der Waals surface area contributed by atoms with Gasteiger partial charge >= 0.3 is 0 Å². The Morgan fingerprint density at radius 2 is 1.29 bits per heavy atom. The Kier molecular flexibility index (Phi) is 11.2. The second kappa shape index (κ2) is 16.0. The van der Waals surface area contributed by atoms with Gasteiger partial charge in [0.1, 0.15) is 17.2 Å². The third kappa shape index (κ3) is 8.64. The quantitative estimate of drug-likeness (QED) is 0.0517. The Bertz CT molecular complexity index is 1820. The van der Waals surface area contributed by atoms with Crippen LogP contribution in [0, 0.1) is 24.0 Å². The Labute approximate surface area is 280 Å². The predicted octanol–water partition coefficient (Wildman–Crippen LogP) is 11.0. The van der Waals surface area contributed by atoms with Crippen LogP contribution in [-0.2, 0) is 0 Å². The molecule has 0 aliphatic carbocycles. The molecule has 0 saturated carbocycles. The number of azo groups is 1. The van der Waals surface area contributed by atoms with Gasteiger partial charge in [0.2, 0.25) is 0 Å². The van der Waals surface area contributed by atoms with Crippen LogP contribution in [0.25, 0.3) is 6.08 Å². The van der Waals surface area contributed by atoms with Gasteiger partial charge in [-0.05, 0) is 128 Å². The third-order valence-corrected chi connectivity index (χ3v) is 7.72. The maximum absolute atomic E-state index is 10.9. The van der Waals surface area contributed by atoms with Gasteiger partial charge in [0, 0.05) is 29.2 Å². The third-order valence-electron chi connectivity index (χ3n) is 7.72. The number of methoxy groups -OCH3 is 2. The van der Waals surface area contributed by atoms with Gasteiger partial charge in [-0.1, -0.05) is 24.3 Å². The summed E-state index contributed by atoms with van der Waals surface area (Å²) in [6, 6.07) is 34.4. The molecule has 0 saturated heterocycles. The summed E-state index contributed by atoms with van der Waals surface area (Å²) in [6.45, 7) is 4.53. The fourth-order valence-electron chi connectivity index (χ4n) is 5.04. The molecule has 244 valence electrons. The first-order chi connectivity index (χ1) is 23.3. The molecule has 0 radical (unpaired) electrons. The first-order valence-corrected chi connectivity index (χ1v) is 15.6. The van der Waals surface area contributed by atoms with Crippen molar-refractivity contribution in [1.29, 1.82) is 0 Å². The van der Waals surface area contributed by atoms with E-state index in [2.05, 4.69) is 51.5 Å².